The third kappa shape index (κ3) is 6.64. The maximum atomic E-state index is 11.2. The summed E-state index contributed by atoms with van der Waals surface area (Å²) in [5.74, 6) is -0.0753. The van der Waals surface area contributed by atoms with Gasteiger partial charge in [-0.15, -0.1) is 0 Å². The highest BCUT2D eigenvalue weighted by molar-refractivity contribution is 5.78. The quantitative estimate of drug-likeness (QED) is 0.649. The SMILES string of the molecule is CCNC(C)(CCN(C)CCC(C)C)C(=O)O. The Morgan fingerprint density at radius 2 is 2.00 bits per heavy atom. The molecule has 0 heterocycles. The smallest absolute Gasteiger partial charge is 0.323 e. The van der Waals surface area contributed by atoms with Gasteiger partial charge in [0.25, 0.3) is 0 Å². The van der Waals surface area contributed by atoms with Crippen LogP contribution in [0.1, 0.15) is 40.5 Å². The molecule has 2 N–H and O–H groups in total. The number of likely N-dealkylation sites (N-methyl/N-ethyl adjacent to an activating group) is 1. The first-order valence-electron chi connectivity index (χ1n) is 6.48. The third-order valence-electron chi connectivity index (χ3n) is 3.12. The Morgan fingerprint density at radius 3 is 2.41 bits per heavy atom. The van der Waals surface area contributed by atoms with E-state index in [1.54, 1.807) is 6.92 Å². The van der Waals surface area contributed by atoms with Gasteiger partial charge >= 0.3 is 5.97 Å². The number of hydrogen-bond acceptors (Lipinski definition) is 3. The van der Waals surface area contributed by atoms with Crippen LogP contribution in [0.25, 0.3) is 0 Å². The van der Waals surface area contributed by atoms with Crippen molar-refractivity contribution in [3.05, 3.63) is 0 Å². The standard InChI is InChI=1S/C13H28N2O2/c1-6-14-13(4,12(16)17)8-10-15(5)9-7-11(2)3/h11,14H,6-10H2,1-5H3,(H,16,17). The van der Waals surface area contributed by atoms with Crippen molar-refractivity contribution in [1.29, 1.82) is 0 Å². The lowest BCUT2D eigenvalue weighted by atomic mass is 9.97. The molecule has 0 fully saturated rings. The molecule has 0 radical (unpaired) electrons. The van der Waals surface area contributed by atoms with Crippen LogP contribution in [0.15, 0.2) is 0 Å². The minimum atomic E-state index is -0.805. The summed E-state index contributed by atoms with van der Waals surface area (Å²) < 4.78 is 0. The van der Waals surface area contributed by atoms with E-state index < -0.39 is 11.5 Å². The largest absolute Gasteiger partial charge is 0.480 e. The van der Waals surface area contributed by atoms with Crippen LogP contribution < -0.4 is 5.32 Å². The Morgan fingerprint density at radius 1 is 1.41 bits per heavy atom. The summed E-state index contributed by atoms with van der Waals surface area (Å²) in [4.78, 5) is 13.4. The molecule has 4 heteroatoms. The van der Waals surface area contributed by atoms with E-state index >= 15 is 0 Å². The molecule has 0 spiro atoms. The topological polar surface area (TPSA) is 52.6 Å². The minimum Gasteiger partial charge on any atom is -0.480 e. The fraction of sp³-hybridized carbons (Fsp3) is 0.923. The van der Waals surface area contributed by atoms with Gasteiger partial charge in [-0.3, -0.25) is 4.79 Å². The first-order chi connectivity index (χ1) is 7.81. The van der Waals surface area contributed by atoms with E-state index in [4.69, 9.17) is 0 Å². The van der Waals surface area contributed by atoms with Crippen LogP contribution >= 0.6 is 0 Å². The molecule has 1 atom stereocenters. The molecule has 0 aliphatic rings. The number of nitrogens with one attached hydrogen (secondary N) is 1. The number of carboxylic acids is 1. The Hall–Kier alpha value is -0.610. The molecule has 0 aliphatic carbocycles. The number of aliphatic carboxylic acids is 1. The van der Waals surface area contributed by atoms with Crippen molar-refractivity contribution in [2.24, 2.45) is 5.92 Å². The highest BCUT2D eigenvalue weighted by Gasteiger charge is 2.31. The molecule has 0 bridgehead atoms. The summed E-state index contributed by atoms with van der Waals surface area (Å²) in [5.41, 5.74) is -0.805. The van der Waals surface area contributed by atoms with Gasteiger partial charge in [0.1, 0.15) is 5.54 Å². The lowest BCUT2D eigenvalue weighted by Gasteiger charge is -2.28. The van der Waals surface area contributed by atoms with Crippen LogP contribution in [-0.4, -0.2) is 48.2 Å². The van der Waals surface area contributed by atoms with Gasteiger partial charge in [-0.05, 0) is 45.8 Å². The van der Waals surface area contributed by atoms with Crippen molar-refractivity contribution >= 4 is 5.97 Å². The van der Waals surface area contributed by atoms with Gasteiger partial charge < -0.3 is 15.3 Å². The zero-order valence-electron chi connectivity index (χ0n) is 11.9. The van der Waals surface area contributed by atoms with Crippen LogP contribution in [0.2, 0.25) is 0 Å². The average Bonchev–Trinajstić information content (AvgIpc) is 2.23. The molecule has 0 aliphatic heterocycles. The van der Waals surface area contributed by atoms with Crippen molar-refractivity contribution in [3.63, 3.8) is 0 Å². The summed E-state index contributed by atoms with van der Waals surface area (Å²) >= 11 is 0. The molecule has 0 saturated heterocycles. The molecule has 0 aromatic heterocycles. The van der Waals surface area contributed by atoms with Gasteiger partial charge in [0, 0.05) is 6.54 Å². The van der Waals surface area contributed by atoms with Crippen molar-refractivity contribution < 1.29 is 9.90 Å². The molecule has 0 saturated carbocycles. The van der Waals surface area contributed by atoms with Crippen molar-refractivity contribution in [2.45, 2.75) is 46.1 Å². The Bertz CT molecular complexity index is 231. The third-order valence-corrected chi connectivity index (χ3v) is 3.12. The molecule has 0 aromatic rings. The van der Waals surface area contributed by atoms with Gasteiger partial charge in [0.2, 0.25) is 0 Å². The Labute approximate surface area is 105 Å². The van der Waals surface area contributed by atoms with E-state index in [2.05, 4.69) is 31.1 Å². The van der Waals surface area contributed by atoms with Crippen LogP contribution in [0.3, 0.4) is 0 Å². The normalized spacial score (nSPS) is 15.2. The zero-order valence-corrected chi connectivity index (χ0v) is 11.9. The van der Waals surface area contributed by atoms with Crippen LogP contribution in [-0.2, 0) is 4.79 Å². The van der Waals surface area contributed by atoms with Crippen molar-refractivity contribution in [3.8, 4) is 0 Å². The van der Waals surface area contributed by atoms with E-state index in [-0.39, 0.29) is 0 Å². The van der Waals surface area contributed by atoms with Gasteiger partial charge in [-0.25, -0.2) is 0 Å². The average molecular weight is 244 g/mol. The lowest BCUT2D eigenvalue weighted by Crippen LogP contribution is -2.51. The van der Waals surface area contributed by atoms with Gasteiger partial charge in [0.05, 0.1) is 0 Å². The summed E-state index contributed by atoms with van der Waals surface area (Å²) in [5, 5.41) is 12.3. The molecular weight excluding hydrogens is 216 g/mol. The second kappa shape index (κ2) is 7.67. The van der Waals surface area contributed by atoms with Crippen LogP contribution in [0.4, 0.5) is 0 Å². The molecule has 0 amide bonds. The number of carbonyl (C=O) groups is 1. The molecule has 1 unspecified atom stereocenters. The first kappa shape index (κ1) is 16.4. The van der Waals surface area contributed by atoms with E-state index in [9.17, 15) is 9.90 Å². The minimum absolute atomic E-state index is 0.630. The molecule has 4 nitrogen and oxygen atoms in total. The fourth-order valence-electron chi connectivity index (χ4n) is 1.67. The summed E-state index contributed by atoms with van der Waals surface area (Å²) in [6.07, 6.45) is 1.78. The molecule has 102 valence electrons. The van der Waals surface area contributed by atoms with Gasteiger partial charge in [0.15, 0.2) is 0 Å². The van der Waals surface area contributed by atoms with Gasteiger partial charge in [-0.2, -0.15) is 0 Å². The monoisotopic (exact) mass is 244 g/mol. The number of carboxylic acid groups (broad SMARTS) is 1. The highest BCUT2D eigenvalue weighted by atomic mass is 16.4. The maximum absolute atomic E-state index is 11.2. The van der Waals surface area contributed by atoms with E-state index in [0.717, 1.165) is 19.5 Å². The van der Waals surface area contributed by atoms with Crippen LogP contribution in [0.5, 0.6) is 0 Å². The molecule has 0 aromatic carbocycles. The van der Waals surface area contributed by atoms with E-state index in [1.165, 1.54) is 0 Å². The summed E-state index contributed by atoms with van der Waals surface area (Å²) in [7, 11) is 2.05. The number of rotatable bonds is 9. The maximum Gasteiger partial charge on any atom is 0.323 e. The second-order valence-corrected chi connectivity index (χ2v) is 5.40. The molecular formula is C13H28N2O2. The Balaban J connectivity index is 4.08. The summed E-state index contributed by atoms with van der Waals surface area (Å²) in [6, 6.07) is 0. The van der Waals surface area contributed by atoms with E-state index in [0.29, 0.717) is 18.9 Å². The first-order valence-corrected chi connectivity index (χ1v) is 6.48. The predicted molar refractivity (Wildman–Crippen MR) is 71.3 cm³/mol. The zero-order chi connectivity index (χ0) is 13.5. The van der Waals surface area contributed by atoms with Crippen molar-refractivity contribution in [2.75, 3.05) is 26.7 Å². The van der Waals surface area contributed by atoms with Gasteiger partial charge in [-0.1, -0.05) is 20.8 Å². The Kier molecular flexibility index (Phi) is 7.39. The van der Waals surface area contributed by atoms with E-state index in [1.807, 2.05) is 6.92 Å². The molecule has 17 heavy (non-hydrogen) atoms. The van der Waals surface area contributed by atoms with Crippen LogP contribution in [0, 0.1) is 5.92 Å². The summed E-state index contributed by atoms with van der Waals surface area (Å²) in [6.45, 7) is 10.6. The second-order valence-electron chi connectivity index (χ2n) is 5.40. The highest BCUT2D eigenvalue weighted by Crippen LogP contribution is 2.11. The predicted octanol–water partition coefficient (Wildman–Crippen LogP) is 1.81. The van der Waals surface area contributed by atoms with Crippen molar-refractivity contribution in [1.82, 2.24) is 10.2 Å². The number of nitrogens with zero attached hydrogens (tertiary/aromatic N) is 1. The lowest BCUT2D eigenvalue weighted by molar-refractivity contribution is -0.144. The molecule has 0 rings (SSSR count). The number of hydrogen-bond donors (Lipinski definition) is 2. The fourth-order valence-corrected chi connectivity index (χ4v) is 1.67.